The maximum Gasteiger partial charge on any atom is 0.182 e. The molecule has 0 atom stereocenters. The first-order valence-electron chi connectivity index (χ1n) is 2.66. The quantitative estimate of drug-likeness (QED) is 0.491. The van der Waals surface area contributed by atoms with Gasteiger partial charge in [-0.3, -0.25) is 0 Å². The fourth-order valence-corrected chi connectivity index (χ4v) is 0.605. The van der Waals surface area contributed by atoms with Gasteiger partial charge in [-0.1, -0.05) is 0 Å². The van der Waals surface area contributed by atoms with Gasteiger partial charge in [0.2, 0.25) is 0 Å². The highest BCUT2D eigenvalue weighted by molar-refractivity contribution is 5.18. The number of hydrogen-bond donors (Lipinski definition) is 1. The van der Waals surface area contributed by atoms with Crippen molar-refractivity contribution in [3.8, 4) is 0 Å². The van der Waals surface area contributed by atoms with Crippen LogP contribution in [0.2, 0.25) is 0 Å². The summed E-state index contributed by atoms with van der Waals surface area (Å²) < 4.78 is 4.93. The Hall–Kier alpha value is -1.25. The van der Waals surface area contributed by atoms with Gasteiger partial charge in [0.05, 0.1) is 0 Å². The van der Waals surface area contributed by atoms with E-state index in [1.807, 2.05) is 13.0 Å². The van der Waals surface area contributed by atoms with Gasteiger partial charge >= 0.3 is 0 Å². The maximum atomic E-state index is 5.20. The highest BCUT2D eigenvalue weighted by Gasteiger charge is 1.83. The van der Waals surface area contributed by atoms with Crippen molar-refractivity contribution in [2.24, 2.45) is 5.73 Å². The van der Waals surface area contributed by atoms with E-state index in [9.17, 15) is 0 Å². The van der Waals surface area contributed by atoms with Gasteiger partial charge < -0.3 is 10.2 Å². The SMILES string of the molecule is C/C=c1/ocn/c1=C/N. The van der Waals surface area contributed by atoms with Crippen LogP contribution >= 0.6 is 0 Å². The molecule has 2 N–H and O–H groups in total. The molecule has 0 aliphatic heterocycles. The van der Waals surface area contributed by atoms with Crippen molar-refractivity contribution in [3.05, 3.63) is 17.2 Å². The van der Waals surface area contributed by atoms with Gasteiger partial charge in [0.1, 0.15) is 5.35 Å². The third-order valence-corrected chi connectivity index (χ3v) is 1.04. The van der Waals surface area contributed by atoms with Crippen LogP contribution in [-0.4, -0.2) is 4.98 Å². The van der Waals surface area contributed by atoms with Gasteiger partial charge in [0.15, 0.2) is 11.8 Å². The van der Waals surface area contributed by atoms with E-state index in [1.165, 1.54) is 12.6 Å². The Kier molecular flexibility index (Phi) is 1.53. The Bertz CT molecular complexity index is 258. The Morgan fingerprint density at radius 2 is 2.56 bits per heavy atom. The molecule has 48 valence electrons. The molecule has 0 saturated heterocycles. The summed E-state index contributed by atoms with van der Waals surface area (Å²) in [6.45, 7) is 1.87. The lowest BCUT2D eigenvalue weighted by molar-refractivity contribution is 0.524. The zero-order valence-corrected chi connectivity index (χ0v) is 5.16. The molecular weight excluding hydrogens is 116 g/mol. The molecule has 9 heavy (non-hydrogen) atoms. The van der Waals surface area contributed by atoms with Gasteiger partial charge in [-0.05, 0) is 13.0 Å². The number of aromatic nitrogens is 1. The summed E-state index contributed by atoms with van der Waals surface area (Å²) >= 11 is 0. The molecule has 0 aromatic carbocycles. The third kappa shape index (κ3) is 0.937. The van der Waals surface area contributed by atoms with Crippen molar-refractivity contribution in [1.82, 2.24) is 4.98 Å². The molecule has 1 rings (SSSR count). The van der Waals surface area contributed by atoms with E-state index in [1.54, 1.807) is 0 Å². The summed E-state index contributed by atoms with van der Waals surface area (Å²) in [7, 11) is 0. The summed E-state index contributed by atoms with van der Waals surface area (Å²) in [5, 5.41) is 0.692. The van der Waals surface area contributed by atoms with Crippen LogP contribution in [0.25, 0.3) is 12.3 Å². The van der Waals surface area contributed by atoms with Crippen molar-refractivity contribution in [3.63, 3.8) is 0 Å². The van der Waals surface area contributed by atoms with Crippen LogP contribution in [0, 0.1) is 0 Å². The molecule has 0 saturated carbocycles. The Morgan fingerprint density at radius 1 is 1.78 bits per heavy atom. The van der Waals surface area contributed by atoms with Crippen molar-refractivity contribution in [1.29, 1.82) is 0 Å². The molecule has 0 aliphatic carbocycles. The number of rotatable bonds is 0. The fourth-order valence-electron chi connectivity index (χ4n) is 0.605. The highest BCUT2D eigenvalue weighted by atomic mass is 16.3. The second-order valence-corrected chi connectivity index (χ2v) is 1.56. The van der Waals surface area contributed by atoms with E-state index in [-0.39, 0.29) is 0 Å². The molecule has 0 bridgehead atoms. The van der Waals surface area contributed by atoms with Crippen LogP contribution in [0.4, 0.5) is 0 Å². The van der Waals surface area contributed by atoms with Gasteiger partial charge in [0, 0.05) is 6.20 Å². The van der Waals surface area contributed by atoms with E-state index in [0.29, 0.717) is 5.35 Å². The predicted molar refractivity (Wildman–Crippen MR) is 34.5 cm³/mol. The minimum absolute atomic E-state index is 0.692. The van der Waals surface area contributed by atoms with E-state index < -0.39 is 0 Å². The monoisotopic (exact) mass is 124 g/mol. The average molecular weight is 124 g/mol. The largest absolute Gasteiger partial charge is 0.444 e. The zero-order valence-electron chi connectivity index (χ0n) is 5.16. The van der Waals surface area contributed by atoms with Crippen LogP contribution in [0.1, 0.15) is 6.92 Å². The molecule has 0 aliphatic rings. The summed E-state index contributed by atoms with van der Waals surface area (Å²) in [6.07, 6.45) is 4.60. The molecule has 0 fully saturated rings. The molecule has 0 spiro atoms. The van der Waals surface area contributed by atoms with Crippen molar-refractivity contribution in [2.45, 2.75) is 6.92 Å². The van der Waals surface area contributed by atoms with Crippen molar-refractivity contribution < 1.29 is 4.42 Å². The molecule has 0 amide bonds. The minimum atomic E-state index is 0.692. The second kappa shape index (κ2) is 2.35. The first kappa shape index (κ1) is 5.88. The van der Waals surface area contributed by atoms with Crippen molar-refractivity contribution in [2.75, 3.05) is 0 Å². The van der Waals surface area contributed by atoms with Gasteiger partial charge in [-0.2, -0.15) is 0 Å². The van der Waals surface area contributed by atoms with Crippen molar-refractivity contribution >= 4 is 12.3 Å². The second-order valence-electron chi connectivity index (χ2n) is 1.56. The molecular formula is C6H8N2O. The molecule has 0 unspecified atom stereocenters. The smallest absolute Gasteiger partial charge is 0.182 e. The number of nitrogens with two attached hydrogens (primary N) is 1. The zero-order chi connectivity index (χ0) is 6.69. The molecule has 0 radical (unpaired) electrons. The molecule has 1 heterocycles. The van der Waals surface area contributed by atoms with Crippen LogP contribution in [0.3, 0.4) is 0 Å². The molecule has 3 nitrogen and oxygen atoms in total. The predicted octanol–water partition coefficient (Wildman–Crippen LogP) is -0.828. The van der Waals surface area contributed by atoms with E-state index in [2.05, 4.69) is 4.98 Å². The first-order chi connectivity index (χ1) is 4.38. The average Bonchev–Trinajstić information content (AvgIpc) is 2.33. The number of oxazole rings is 1. The first-order valence-corrected chi connectivity index (χ1v) is 2.66. The maximum absolute atomic E-state index is 5.20. The molecule has 3 heteroatoms. The number of hydrogen-bond acceptors (Lipinski definition) is 3. The van der Waals surface area contributed by atoms with Gasteiger partial charge in [0.25, 0.3) is 0 Å². The summed E-state index contributed by atoms with van der Waals surface area (Å²) in [4.78, 5) is 3.83. The third-order valence-electron chi connectivity index (χ3n) is 1.04. The van der Waals surface area contributed by atoms with E-state index >= 15 is 0 Å². The van der Waals surface area contributed by atoms with Gasteiger partial charge in [-0.15, -0.1) is 0 Å². The summed E-state index contributed by atoms with van der Waals surface area (Å²) in [5.74, 6) is 0. The normalized spacial score (nSPS) is 14.8. The van der Waals surface area contributed by atoms with Crippen LogP contribution in [0.15, 0.2) is 10.8 Å². The molecule has 1 aromatic heterocycles. The minimum Gasteiger partial charge on any atom is -0.444 e. The van der Waals surface area contributed by atoms with Crippen LogP contribution in [-0.2, 0) is 0 Å². The molecule has 1 aromatic rings. The fraction of sp³-hybridized carbons (Fsp3) is 0.167. The lowest BCUT2D eigenvalue weighted by atomic mass is 10.5. The van der Waals surface area contributed by atoms with E-state index in [0.717, 1.165) is 5.42 Å². The summed E-state index contributed by atoms with van der Waals surface area (Å²) in [6, 6.07) is 0. The standard InChI is InChI=1S/C6H8N2O/c1-2-6-5(3-7)8-4-9-6/h2-4H,7H2,1H3/b5-3+,6-2+. The highest BCUT2D eigenvalue weighted by Crippen LogP contribution is 1.60. The van der Waals surface area contributed by atoms with Crippen LogP contribution in [0.5, 0.6) is 0 Å². The van der Waals surface area contributed by atoms with Crippen LogP contribution < -0.4 is 16.5 Å². The lowest BCUT2D eigenvalue weighted by Crippen LogP contribution is -2.23. The lowest BCUT2D eigenvalue weighted by Gasteiger charge is -1.69. The Balaban J connectivity index is 3.50. The van der Waals surface area contributed by atoms with E-state index in [4.69, 9.17) is 10.2 Å². The number of nitrogens with zero attached hydrogens (tertiary/aromatic N) is 1. The summed E-state index contributed by atoms with van der Waals surface area (Å²) in [5.41, 5.74) is 5.92. The Morgan fingerprint density at radius 3 is 3.00 bits per heavy atom. The Labute approximate surface area is 52.5 Å². The topological polar surface area (TPSA) is 52.0 Å². The van der Waals surface area contributed by atoms with Gasteiger partial charge in [-0.25, -0.2) is 4.98 Å².